The summed E-state index contributed by atoms with van der Waals surface area (Å²) in [6, 6.07) is 0. The molecule has 0 saturated carbocycles. The lowest BCUT2D eigenvalue weighted by atomic mass is 9.79. The summed E-state index contributed by atoms with van der Waals surface area (Å²) < 4.78 is 0. The first-order valence-corrected chi connectivity index (χ1v) is 4.01. The number of hydrogen-bond donors (Lipinski definition) is 0. The minimum absolute atomic E-state index is 0.352. The Morgan fingerprint density at radius 1 is 1.30 bits per heavy atom. The van der Waals surface area contributed by atoms with E-state index in [1.54, 1.807) is 0 Å². The summed E-state index contributed by atoms with van der Waals surface area (Å²) >= 11 is 0. The van der Waals surface area contributed by atoms with Crippen LogP contribution in [0.5, 0.6) is 0 Å². The molecule has 0 fully saturated rings. The van der Waals surface area contributed by atoms with Crippen LogP contribution >= 0.6 is 0 Å². The van der Waals surface area contributed by atoms with Gasteiger partial charge in [-0.3, -0.25) is 0 Å². The Hall–Kier alpha value is -0.235. The van der Waals surface area contributed by atoms with Gasteiger partial charge in [-0.2, -0.15) is 0 Å². The highest BCUT2D eigenvalue weighted by Crippen LogP contribution is 2.14. The van der Waals surface area contributed by atoms with Gasteiger partial charge in [0.25, 0.3) is 0 Å². The smallest absolute Gasteiger partial charge is 0.209 e. The van der Waals surface area contributed by atoms with Crippen molar-refractivity contribution >= 4 is 7.41 Å². The predicted molar refractivity (Wildman–Crippen MR) is 47.6 cm³/mol. The molecule has 10 heavy (non-hydrogen) atoms. The molecule has 0 radical (unpaired) electrons. The molecule has 1 heterocycles. The topological polar surface area (TPSA) is 3.24 Å². The van der Waals surface area contributed by atoms with Gasteiger partial charge in [-0.05, 0) is 27.1 Å². The third kappa shape index (κ3) is 1.88. The zero-order valence-corrected chi connectivity index (χ0v) is 7.22. The molecular formula is C8H16BN. The second-order valence-corrected chi connectivity index (χ2v) is 3.88. The molecular weight excluding hydrogens is 121 g/mol. The summed E-state index contributed by atoms with van der Waals surface area (Å²) in [5.74, 6) is 0. The molecule has 0 amide bonds. The summed E-state index contributed by atoms with van der Waals surface area (Å²) in [4.78, 5) is 2.49. The molecule has 0 unspecified atom stereocenters. The van der Waals surface area contributed by atoms with Crippen molar-refractivity contribution in [2.75, 3.05) is 6.54 Å². The van der Waals surface area contributed by atoms with Gasteiger partial charge in [0.2, 0.25) is 7.41 Å². The molecule has 0 atom stereocenters. The Kier molecular flexibility index (Phi) is 2.19. The van der Waals surface area contributed by atoms with Crippen molar-refractivity contribution in [1.82, 2.24) is 4.81 Å². The van der Waals surface area contributed by atoms with Gasteiger partial charge >= 0.3 is 0 Å². The van der Waals surface area contributed by atoms with Gasteiger partial charge in [-0.1, -0.05) is 12.2 Å². The molecule has 0 aromatic carbocycles. The molecule has 0 N–H and O–H groups in total. The van der Waals surface area contributed by atoms with E-state index in [0.29, 0.717) is 5.54 Å². The lowest BCUT2D eigenvalue weighted by Crippen LogP contribution is -2.44. The van der Waals surface area contributed by atoms with E-state index in [-0.39, 0.29) is 0 Å². The van der Waals surface area contributed by atoms with E-state index >= 15 is 0 Å². The van der Waals surface area contributed by atoms with Gasteiger partial charge < -0.3 is 4.81 Å². The summed E-state index contributed by atoms with van der Waals surface area (Å²) in [6.45, 7) is 7.94. The van der Waals surface area contributed by atoms with Gasteiger partial charge in [-0.25, -0.2) is 0 Å². The lowest BCUT2D eigenvalue weighted by Gasteiger charge is -2.36. The second kappa shape index (κ2) is 2.79. The van der Waals surface area contributed by atoms with E-state index in [1.165, 1.54) is 13.7 Å². The summed E-state index contributed by atoms with van der Waals surface area (Å²) in [5.41, 5.74) is 0.352. The predicted octanol–water partition coefficient (Wildman–Crippen LogP) is 1.43. The summed E-state index contributed by atoms with van der Waals surface area (Å²) in [6.07, 6.45) is 5.74. The maximum Gasteiger partial charge on any atom is 0.209 e. The highest BCUT2D eigenvalue weighted by Gasteiger charge is 2.20. The van der Waals surface area contributed by atoms with Crippen LogP contribution in [0.3, 0.4) is 0 Å². The Balaban J connectivity index is 2.49. The molecule has 1 nitrogen and oxygen atoms in total. The number of allylic oxidation sites excluding steroid dienone is 1. The van der Waals surface area contributed by atoms with E-state index in [2.05, 4.69) is 37.7 Å². The van der Waals surface area contributed by atoms with Crippen LogP contribution in [-0.2, 0) is 0 Å². The van der Waals surface area contributed by atoms with Gasteiger partial charge in [0.05, 0.1) is 0 Å². The second-order valence-electron chi connectivity index (χ2n) is 3.88. The van der Waals surface area contributed by atoms with Crippen LogP contribution in [0, 0.1) is 0 Å². The molecule has 0 bridgehead atoms. The minimum Gasteiger partial charge on any atom is -0.337 e. The fourth-order valence-electron chi connectivity index (χ4n) is 1.25. The maximum atomic E-state index is 2.49. The molecule has 2 heteroatoms. The zero-order valence-electron chi connectivity index (χ0n) is 7.22. The lowest BCUT2D eigenvalue weighted by molar-refractivity contribution is 0.273. The Labute approximate surface area is 64.4 Å². The van der Waals surface area contributed by atoms with Gasteiger partial charge in [0.1, 0.15) is 0 Å². The standard InChI is InChI=1S/C8H16BN/c1-8(2,3)10-7-5-4-6-9-10/h4-5,9H,6-7H2,1-3H3. The average Bonchev–Trinajstić information content (AvgIpc) is 1.88. The van der Waals surface area contributed by atoms with E-state index in [9.17, 15) is 0 Å². The van der Waals surface area contributed by atoms with Crippen LogP contribution in [0.2, 0.25) is 6.32 Å². The maximum absolute atomic E-state index is 2.49. The molecule has 0 aromatic heterocycles. The highest BCUT2D eigenvalue weighted by molar-refractivity contribution is 6.33. The zero-order chi connectivity index (χ0) is 7.61. The summed E-state index contributed by atoms with van der Waals surface area (Å²) in [7, 11) is 1.22. The molecule has 1 rings (SSSR count). The SMILES string of the molecule is CC(C)(C)N1BCC=CC1. The van der Waals surface area contributed by atoms with Crippen LogP contribution < -0.4 is 0 Å². The third-order valence-electron chi connectivity index (χ3n) is 2.01. The van der Waals surface area contributed by atoms with Crippen LogP contribution in [0.1, 0.15) is 20.8 Å². The van der Waals surface area contributed by atoms with Crippen molar-refractivity contribution in [2.45, 2.75) is 32.6 Å². The third-order valence-corrected chi connectivity index (χ3v) is 2.01. The Bertz CT molecular complexity index is 135. The van der Waals surface area contributed by atoms with Gasteiger partial charge in [0.15, 0.2) is 0 Å². The first-order chi connectivity index (χ1) is 4.61. The van der Waals surface area contributed by atoms with E-state index in [4.69, 9.17) is 0 Å². The van der Waals surface area contributed by atoms with Crippen molar-refractivity contribution in [3.05, 3.63) is 12.2 Å². The Morgan fingerprint density at radius 3 is 2.30 bits per heavy atom. The van der Waals surface area contributed by atoms with Gasteiger partial charge in [0, 0.05) is 12.1 Å². The monoisotopic (exact) mass is 137 g/mol. The van der Waals surface area contributed by atoms with Crippen molar-refractivity contribution in [2.24, 2.45) is 0 Å². The number of rotatable bonds is 0. The van der Waals surface area contributed by atoms with Gasteiger partial charge in [-0.15, -0.1) is 0 Å². The van der Waals surface area contributed by atoms with Crippen molar-refractivity contribution in [3.63, 3.8) is 0 Å². The highest BCUT2D eigenvalue weighted by atomic mass is 15.1. The molecule has 0 spiro atoms. The molecule has 0 aliphatic carbocycles. The van der Waals surface area contributed by atoms with E-state index in [1.807, 2.05) is 0 Å². The Morgan fingerprint density at radius 2 is 2.00 bits per heavy atom. The molecule has 0 aromatic rings. The average molecular weight is 137 g/mol. The van der Waals surface area contributed by atoms with Crippen LogP contribution in [0.4, 0.5) is 0 Å². The normalized spacial score (nSPS) is 20.7. The fraction of sp³-hybridized carbons (Fsp3) is 0.750. The quantitative estimate of drug-likeness (QED) is 0.360. The van der Waals surface area contributed by atoms with Crippen molar-refractivity contribution in [1.29, 1.82) is 0 Å². The largest absolute Gasteiger partial charge is 0.337 e. The molecule has 0 saturated heterocycles. The first kappa shape index (κ1) is 7.87. The fourth-order valence-corrected chi connectivity index (χ4v) is 1.25. The summed E-state index contributed by atoms with van der Waals surface area (Å²) in [5, 5.41) is 0. The van der Waals surface area contributed by atoms with Crippen LogP contribution in [0.25, 0.3) is 0 Å². The molecule has 1 aliphatic rings. The van der Waals surface area contributed by atoms with Crippen LogP contribution in [0.15, 0.2) is 12.2 Å². The number of hydrogen-bond acceptors (Lipinski definition) is 1. The first-order valence-electron chi connectivity index (χ1n) is 4.01. The minimum atomic E-state index is 0.352. The van der Waals surface area contributed by atoms with Crippen LogP contribution in [-0.4, -0.2) is 24.3 Å². The molecule has 1 aliphatic heterocycles. The van der Waals surface area contributed by atoms with E-state index < -0.39 is 0 Å². The van der Waals surface area contributed by atoms with Crippen molar-refractivity contribution < 1.29 is 0 Å². The number of nitrogens with zero attached hydrogens (tertiary/aromatic N) is 1. The molecule has 56 valence electrons. The van der Waals surface area contributed by atoms with E-state index in [0.717, 1.165) is 6.54 Å². The van der Waals surface area contributed by atoms with Crippen molar-refractivity contribution in [3.8, 4) is 0 Å².